The van der Waals surface area contributed by atoms with E-state index in [4.69, 9.17) is 10.5 Å². The van der Waals surface area contributed by atoms with Crippen molar-refractivity contribution in [3.05, 3.63) is 0 Å². The van der Waals surface area contributed by atoms with Crippen molar-refractivity contribution in [2.75, 3.05) is 6.61 Å². The lowest BCUT2D eigenvalue weighted by Crippen LogP contribution is -2.28. The molecule has 2 N–H and O–H groups in total. The van der Waals surface area contributed by atoms with Crippen molar-refractivity contribution in [1.82, 2.24) is 0 Å². The van der Waals surface area contributed by atoms with Crippen LogP contribution in [0.2, 0.25) is 0 Å². The first-order chi connectivity index (χ1) is 5.54. The number of ether oxygens (including phenoxy) is 1. The minimum atomic E-state index is -0.496. The van der Waals surface area contributed by atoms with Crippen LogP contribution in [0.15, 0.2) is 0 Å². The van der Waals surface area contributed by atoms with Gasteiger partial charge in [0.2, 0.25) is 0 Å². The van der Waals surface area contributed by atoms with E-state index >= 15 is 0 Å². The third kappa shape index (κ3) is 6.16. The molecule has 0 aromatic carbocycles. The van der Waals surface area contributed by atoms with E-state index in [2.05, 4.69) is 13.8 Å². The molecular weight excluding hydrogens is 154 g/mol. The number of nitrogens with two attached hydrogens (primary N) is 1. The van der Waals surface area contributed by atoms with Crippen molar-refractivity contribution in [3.63, 3.8) is 0 Å². The molecule has 0 saturated heterocycles. The van der Waals surface area contributed by atoms with Gasteiger partial charge in [-0.15, -0.1) is 0 Å². The maximum atomic E-state index is 10.8. The highest BCUT2D eigenvalue weighted by atomic mass is 16.5. The molecule has 12 heavy (non-hydrogen) atoms. The van der Waals surface area contributed by atoms with Crippen LogP contribution in [0.1, 0.15) is 33.6 Å². The monoisotopic (exact) mass is 173 g/mol. The third-order valence-corrected chi connectivity index (χ3v) is 1.54. The number of esters is 1. The van der Waals surface area contributed by atoms with Crippen LogP contribution >= 0.6 is 0 Å². The summed E-state index contributed by atoms with van der Waals surface area (Å²) in [7, 11) is 0. The molecule has 0 fully saturated rings. The van der Waals surface area contributed by atoms with Gasteiger partial charge in [0.25, 0.3) is 0 Å². The van der Waals surface area contributed by atoms with Gasteiger partial charge < -0.3 is 10.5 Å². The quantitative estimate of drug-likeness (QED) is 0.504. The Hall–Kier alpha value is -0.570. The summed E-state index contributed by atoms with van der Waals surface area (Å²) >= 11 is 0. The fraction of sp³-hybridized carbons (Fsp3) is 0.889. The zero-order valence-corrected chi connectivity index (χ0v) is 8.17. The Morgan fingerprint density at radius 3 is 2.42 bits per heavy atom. The first-order valence-corrected chi connectivity index (χ1v) is 4.46. The summed E-state index contributed by atoms with van der Waals surface area (Å²) < 4.78 is 4.89. The highest BCUT2D eigenvalue weighted by Crippen LogP contribution is 2.03. The minimum absolute atomic E-state index is 0.307. The van der Waals surface area contributed by atoms with Crippen molar-refractivity contribution >= 4 is 5.97 Å². The molecule has 0 heterocycles. The molecule has 0 aliphatic rings. The van der Waals surface area contributed by atoms with E-state index in [1.807, 2.05) is 0 Å². The smallest absolute Gasteiger partial charge is 0.322 e. The van der Waals surface area contributed by atoms with Crippen LogP contribution < -0.4 is 5.73 Å². The number of rotatable bonds is 5. The lowest BCUT2D eigenvalue weighted by atomic mass is 10.1. The molecule has 0 unspecified atom stereocenters. The van der Waals surface area contributed by atoms with Crippen molar-refractivity contribution < 1.29 is 9.53 Å². The lowest BCUT2D eigenvalue weighted by Gasteiger charge is -2.07. The summed E-state index contributed by atoms with van der Waals surface area (Å²) in [4.78, 5) is 10.8. The van der Waals surface area contributed by atoms with Crippen LogP contribution in [0.25, 0.3) is 0 Å². The Bertz CT molecular complexity index is 132. The van der Waals surface area contributed by atoms with E-state index in [0.29, 0.717) is 12.5 Å². The Morgan fingerprint density at radius 2 is 2.00 bits per heavy atom. The average Bonchev–Trinajstić information content (AvgIpc) is 1.97. The maximum absolute atomic E-state index is 10.8. The molecule has 3 heteroatoms. The molecule has 0 aliphatic heterocycles. The van der Waals surface area contributed by atoms with Crippen LogP contribution in [-0.4, -0.2) is 18.6 Å². The molecule has 72 valence electrons. The van der Waals surface area contributed by atoms with E-state index in [-0.39, 0.29) is 5.97 Å². The van der Waals surface area contributed by atoms with Gasteiger partial charge in [-0.1, -0.05) is 13.8 Å². The van der Waals surface area contributed by atoms with E-state index < -0.39 is 6.04 Å². The van der Waals surface area contributed by atoms with E-state index in [0.717, 1.165) is 12.8 Å². The molecule has 0 radical (unpaired) electrons. The van der Waals surface area contributed by atoms with Crippen LogP contribution in [-0.2, 0) is 9.53 Å². The number of hydrogen-bond donors (Lipinski definition) is 1. The van der Waals surface area contributed by atoms with Gasteiger partial charge in [0.15, 0.2) is 0 Å². The van der Waals surface area contributed by atoms with Gasteiger partial charge in [-0.3, -0.25) is 4.79 Å². The second-order valence-electron chi connectivity index (χ2n) is 3.49. The normalized spacial score (nSPS) is 13.1. The summed E-state index contributed by atoms with van der Waals surface area (Å²) in [6, 6.07) is -0.496. The predicted molar refractivity (Wildman–Crippen MR) is 48.7 cm³/mol. The number of carbonyl (C=O) groups excluding carboxylic acids is 1. The first kappa shape index (κ1) is 11.4. The molecule has 0 aliphatic carbocycles. The molecule has 0 aromatic rings. The first-order valence-electron chi connectivity index (χ1n) is 4.46. The number of hydrogen-bond acceptors (Lipinski definition) is 3. The molecule has 3 nitrogen and oxygen atoms in total. The van der Waals surface area contributed by atoms with Crippen molar-refractivity contribution in [2.45, 2.75) is 39.7 Å². The zero-order chi connectivity index (χ0) is 9.56. The van der Waals surface area contributed by atoms with Crippen LogP contribution in [0.5, 0.6) is 0 Å². The Kier molecular flexibility index (Phi) is 5.72. The van der Waals surface area contributed by atoms with E-state index in [9.17, 15) is 4.79 Å². The Balaban J connectivity index is 3.26. The molecule has 0 amide bonds. The predicted octanol–water partition coefficient (Wildman–Crippen LogP) is 1.31. The van der Waals surface area contributed by atoms with Gasteiger partial charge in [-0.05, 0) is 25.7 Å². The van der Waals surface area contributed by atoms with Gasteiger partial charge in [-0.25, -0.2) is 0 Å². The standard InChI is InChI=1S/C9H19NO2/c1-7(2)5-4-6-12-9(11)8(3)10/h7-8H,4-6,10H2,1-3H3/t8-/m0/s1. The molecule has 0 spiro atoms. The van der Waals surface area contributed by atoms with E-state index in [1.165, 1.54) is 0 Å². The fourth-order valence-electron chi connectivity index (χ4n) is 0.796. The van der Waals surface area contributed by atoms with Gasteiger partial charge in [0.1, 0.15) is 6.04 Å². The average molecular weight is 173 g/mol. The summed E-state index contributed by atoms with van der Waals surface area (Å²) in [6.07, 6.45) is 2.02. The van der Waals surface area contributed by atoms with Crippen molar-refractivity contribution in [2.24, 2.45) is 11.7 Å². The second kappa shape index (κ2) is 6.00. The van der Waals surface area contributed by atoms with Crippen molar-refractivity contribution in [1.29, 1.82) is 0 Å². The molecule has 0 saturated carbocycles. The maximum Gasteiger partial charge on any atom is 0.322 e. The fourth-order valence-corrected chi connectivity index (χ4v) is 0.796. The molecular formula is C9H19NO2. The largest absolute Gasteiger partial charge is 0.465 e. The number of carbonyl (C=O) groups is 1. The lowest BCUT2D eigenvalue weighted by molar-refractivity contribution is -0.144. The SMILES string of the molecule is CC(C)CCCOC(=O)[C@H](C)N. The molecule has 0 aromatic heterocycles. The van der Waals surface area contributed by atoms with Crippen LogP contribution in [0, 0.1) is 5.92 Å². The molecule has 0 bridgehead atoms. The van der Waals surface area contributed by atoms with Crippen molar-refractivity contribution in [3.8, 4) is 0 Å². The van der Waals surface area contributed by atoms with Gasteiger partial charge in [0, 0.05) is 0 Å². The van der Waals surface area contributed by atoms with Crippen LogP contribution in [0.4, 0.5) is 0 Å². The Morgan fingerprint density at radius 1 is 1.42 bits per heavy atom. The van der Waals surface area contributed by atoms with Crippen LogP contribution in [0.3, 0.4) is 0 Å². The molecule has 0 rings (SSSR count). The topological polar surface area (TPSA) is 52.3 Å². The zero-order valence-electron chi connectivity index (χ0n) is 8.17. The summed E-state index contributed by atoms with van der Waals surface area (Å²) in [5, 5.41) is 0. The summed E-state index contributed by atoms with van der Waals surface area (Å²) in [5.74, 6) is 0.359. The van der Waals surface area contributed by atoms with E-state index in [1.54, 1.807) is 6.92 Å². The van der Waals surface area contributed by atoms with Gasteiger partial charge in [0.05, 0.1) is 6.61 Å². The summed E-state index contributed by atoms with van der Waals surface area (Å²) in [5.41, 5.74) is 5.30. The highest BCUT2D eigenvalue weighted by Gasteiger charge is 2.07. The van der Waals surface area contributed by atoms with Gasteiger partial charge in [-0.2, -0.15) is 0 Å². The highest BCUT2D eigenvalue weighted by molar-refractivity contribution is 5.74. The van der Waals surface area contributed by atoms with Gasteiger partial charge >= 0.3 is 5.97 Å². The Labute approximate surface area is 74.3 Å². The third-order valence-electron chi connectivity index (χ3n) is 1.54. The second-order valence-corrected chi connectivity index (χ2v) is 3.49. The molecule has 1 atom stereocenters. The minimum Gasteiger partial charge on any atom is -0.465 e. The summed E-state index contributed by atoms with van der Waals surface area (Å²) in [6.45, 7) is 6.42.